The number of rotatable bonds is 2. The minimum absolute atomic E-state index is 0.258. The second kappa shape index (κ2) is 3.53. The lowest BCUT2D eigenvalue weighted by Gasteiger charge is -2.37. The van der Waals surface area contributed by atoms with Gasteiger partial charge in [0.05, 0.1) is 5.92 Å². The van der Waals surface area contributed by atoms with Crippen LogP contribution in [0, 0.1) is 17.2 Å². The van der Waals surface area contributed by atoms with Crippen molar-refractivity contribution in [2.75, 3.05) is 18.0 Å². The van der Waals surface area contributed by atoms with Gasteiger partial charge in [0, 0.05) is 13.1 Å². The predicted molar refractivity (Wildman–Crippen MR) is 50.1 cm³/mol. The number of aromatic nitrogens is 2. The van der Waals surface area contributed by atoms with E-state index in [1.54, 1.807) is 12.1 Å². The summed E-state index contributed by atoms with van der Waals surface area (Å²) in [6.45, 7) is 0.909. The molecular formula is C9H8N4O2. The quantitative estimate of drug-likeness (QED) is 0.721. The van der Waals surface area contributed by atoms with Gasteiger partial charge in [0.2, 0.25) is 0 Å². The third-order valence-electron chi connectivity index (χ3n) is 2.32. The molecule has 2 rings (SSSR count). The molecule has 0 aromatic carbocycles. The van der Waals surface area contributed by atoms with Gasteiger partial charge in [-0.05, 0) is 12.1 Å². The zero-order valence-electron chi connectivity index (χ0n) is 7.79. The lowest BCUT2D eigenvalue weighted by molar-refractivity contribution is -0.142. The number of hydrogen-bond donors (Lipinski definition) is 1. The van der Waals surface area contributed by atoms with Crippen molar-refractivity contribution in [3.8, 4) is 6.07 Å². The molecule has 1 aromatic heterocycles. The summed E-state index contributed by atoms with van der Waals surface area (Å²) in [4.78, 5) is 12.4. The van der Waals surface area contributed by atoms with Gasteiger partial charge in [-0.3, -0.25) is 4.79 Å². The largest absolute Gasteiger partial charge is 0.481 e. The third kappa shape index (κ3) is 1.72. The van der Waals surface area contributed by atoms with E-state index in [0.29, 0.717) is 18.9 Å². The number of nitrogens with zero attached hydrogens (tertiary/aromatic N) is 4. The van der Waals surface area contributed by atoms with Crippen molar-refractivity contribution in [2.24, 2.45) is 5.92 Å². The first kappa shape index (κ1) is 9.40. The van der Waals surface area contributed by atoms with Gasteiger partial charge in [-0.25, -0.2) is 0 Å². The predicted octanol–water partition coefficient (Wildman–Crippen LogP) is -0.131. The summed E-state index contributed by atoms with van der Waals surface area (Å²) in [5, 5.41) is 24.7. The molecule has 1 saturated heterocycles. The Kier molecular flexibility index (Phi) is 2.21. The van der Waals surface area contributed by atoms with Gasteiger partial charge < -0.3 is 10.0 Å². The van der Waals surface area contributed by atoms with Crippen LogP contribution >= 0.6 is 0 Å². The second-order valence-corrected chi connectivity index (χ2v) is 3.33. The summed E-state index contributed by atoms with van der Waals surface area (Å²) in [5.41, 5.74) is 0.258. The molecule has 0 saturated carbocycles. The van der Waals surface area contributed by atoms with Crippen LogP contribution in [0.3, 0.4) is 0 Å². The number of aliphatic carboxylic acids is 1. The Bertz CT molecular complexity index is 417. The van der Waals surface area contributed by atoms with Gasteiger partial charge in [-0.2, -0.15) is 5.26 Å². The van der Waals surface area contributed by atoms with Gasteiger partial charge in [0.1, 0.15) is 6.07 Å². The minimum Gasteiger partial charge on any atom is -0.481 e. The van der Waals surface area contributed by atoms with E-state index in [1.165, 1.54) is 0 Å². The molecule has 2 heterocycles. The number of carbonyl (C=O) groups is 1. The Morgan fingerprint density at radius 2 is 2.27 bits per heavy atom. The molecule has 0 unspecified atom stereocenters. The maximum absolute atomic E-state index is 10.6. The van der Waals surface area contributed by atoms with Gasteiger partial charge in [-0.15, -0.1) is 10.2 Å². The fourth-order valence-electron chi connectivity index (χ4n) is 1.38. The van der Waals surface area contributed by atoms with Gasteiger partial charge in [0.25, 0.3) is 0 Å². The van der Waals surface area contributed by atoms with Crippen molar-refractivity contribution >= 4 is 11.8 Å². The molecule has 6 heteroatoms. The molecular weight excluding hydrogens is 196 g/mol. The van der Waals surface area contributed by atoms with E-state index in [-0.39, 0.29) is 11.6 Å². The van der Waals surface area contributed by atoms with Crippen LogP contribution in [0.5, 0.6) is 0 Å². The smallest absolute Gasteiger partial charge is 0.310 e. The highest BCUT2D eigenvalue weighted by molar-refractivity contribution is 5.74. The average molecular weight is 204 g/mol. The highest BCUT2D eigenvalue weighted by atomic mass is 16.4. The zero-order valence-corrected chi connectivity index (χ0v) is 7.79. The molecule has 76 valence electrons. The molecule has 6 nitrogen and oxygen atoms in total. The number of hydrogen-bond acceptors (Lipinski definition) is 5. The molecule has 15 heavy (non-hydrogen) atoms. The van der Waals surface area contributed by atoms with E-state index in [9.17, 15) is 4.79 Å². The Hall–Kier alpha value is -2.16. The molecule has 1 aliphatic heterocycles. The molecule has 0 bridgehead atoms. The number of carboxylic acid groups (broad SMARTS) is 1. The molecule has 0 atom stereocenters. The van der Waals surface area contributed by atoms with Crippen LogP contribution in [0.4, 0.5) is 5.82 Å². The van der Waals surface area contributed by atoms with Crippen molar-refractivity contribution in [2.45, 2.75) is 0 Å². The standard InChI is InChI=1S/C9H8N4O2/c10-3-7-1-2-8(12-11-7)13-4-6(5-13)9(14)15/h1-2,6H,4-5H2,(H,14,15). The van der Waals surface area contributed by atoms with Gasteiger partial charge >= 0.3 is 5.97 Å². The maximum Gasteiger partial charge on any atom is 0.310 e. The van der Waals surface area contributed by atoms with Crippen molar-refractivity contribution in [1.29, 1.82) is 5.26 Å². The van der Waals surface area contributed by atoms with Crippen molar-refractivity contribution in [3.63, 3.8) is 0 Å². The fourth-order valence-corrected chi connectivity index (χ4v) is 1.38. The maximum atomic E-state index is 10.6. The Labute approximate surface area is 85.8 Å². The van der Waals surface area contributed by atoms with Crippen LogP contribution in [-0.4, -0.2) is 34.4 Å². The summed E-state index contributed by atoms with van der Waals surface area (Å²) >= 11 is 0. The van der Waals surface area contributed by atoms with Crippen LogP contribution in [0.1, 0.15) is 5.69 Å². The fraction of sp³-hybridized carbons (Fsp3) is 0.333. The number of carboxylic acids is 1. The second-order valence-electron chi connectivity index (χ2n) is 3.33. The zero-order chi connectivity index (χ0) is 10.8. The monoisotopic (exact) mass is 204 g/mol. The van der Waals surface area contributed by atoms with Crippen LogP contribution in [0.2, 0.25) is 0 Å². The van der Waals surface area contributed by atoms with E-state index >= 15 is 0 Å². The van der Waals surface area contributed by atoms with E-state index in [1.807, 2.05) is 11.0 Å². The minimum atomic E-state index is -0.784. The first-order chi connectivity index (χ1) is 7.20. The molecule has 0 radical (unpaired) electrons. The van der Waals surface area contributed by atoms with Crippen molar-refractivity contribution in [1.82, 2.24) is 10.2 Å². The SMILES string of the molecule is N#Cc1ccc(N2CC(C(=O)O)C2)nn1. The van der Waals surface area contributed by atoms with E-state index in [2.05, 4.69) is 10.2 Å². The normalized spacial score (nSPS) is 15.5. The summed E-state index contributed by atoms with van der Waals surface area (Å²) < 4.78 is 0. The number of anilines is 1. The van der Waals surface area contributed by atoms with Gasteiger partial charge in [-0.1, -0.05) is 0 Å². The van der Waals surface area contributed by atoms with Crippen molar-refractivity contribution in [3.05, 3.63) is 17.8 Å². The average Bonchev–Trinajstić information content (AvgIpc) is 2.16. The topological polar surface area (TPSA) is 90.1 Å². The summed E-state index contributed by atoms with van der Waals surface area (Å²) in [6, 6.07) is 5.11. The summed E-state index contributed by atoms with van der Waals surface area (Å²) in [7, 11) is 0. The van der Waals surface area contributed by atoms with Crippen LogP contribution < -0.4 is 4.90 Å². The van der Waals surface area contributed by atoms with E-state index in [0.717, 1.165) is 0 Å². The van der Waals surface area contributed by atoms with E-state index < -0.39 is 5.97 Å². The first-order valence-corrected chi connectivity index (χ1v) is 4.42. The van der Waals surface area contributed by atoms with Crippen LogP contribution in [-0.2, 0) is 4.79 Å². The highest BCUT2D eigenvalue weighted by Crippen LogP contribution is 2.21. The van der Waals surface area contributed by atoms with Crippen molar-refractivity contribution < 1.29 is 9.90 Å². The molecule has 1 aliphatic rings. The van der Waals surface area contributed by atoms with E-state index in [4.69, 9.17) is 10.4 Å². The Balaban J connectivity index is 2.02. The summed E-state index contributed by atoms with van der Waals surface area (Å²) in [5.74, 6) is -0.484. The van der Waals surface area contributed by atoms with Crippen LogP contribution in [0.15, 0.2) is 12.1 Å². The lowest BCUT2D eigenvalue weighted by Crippen LogP contribution is -2.50. The lowest BCUT2D eigenvalue weighted by atomic mass is 10.0. The van der Waals surface area contributed by atoms with Crippen LogP contribution in [0.25, 0.3) is 0 Å². The Morgan fingerprint density at radius 3 is 2.73 bits per heavy atom. The molecule has 0 spiro atoms. The first-order valence-electron chi connectivity index (χ1n) is 4.42. The molecule has 1 aromatic rings. The molecule has 0 aliphatic carbocycles. The highest BCUT2D eigenvalue weighted by Gasteiger charge is 2.33. The summed E-state index contributed by atoms with van der Waals surface area (Å²) in [6.07, 6.45) is 0. The molecule has 1 N–H and O–H groups in total. The third-order valence-corrected chi connectivity index (χ3v) is 2.32. The molecule has 1 fully saturated rings. The number of nitriles is 1. The van der Waals surface area contributed by atoms with Gasteiger partial charge in [0.15, 0.2) is 11.5 Å². The molecule has 0 amide bonds. The Morgan fingerprint density at radius 1 is 1.53 bits per heavy atom.